The molecule has 0 saturated carbocycles. The fraction of sp³-hybridized carbons (Fsp3) is 0.273. The molecule has 1 saturated heterocycles. The minimum Gasteiger partial charge on any atom is -0.294 e. The zero-order chi connectivity index (χ0) is 10.7. The van der Waals surface area contributed by atoms with Crippen LogP contribution in [0.15, 0.2) is 35.3 Å². The van der Waals surface area contributed by atoms with Gasteiger partial charge in [0.15, 0.2) is 0 Å². The van der Waals surface area contributed by atoms with Crippen molar-refractivity contribution in [3.8, 4) is 0 Å². The van der Waals surface area contributed by atoms with Crippen LogP contribution in [-0.2, 0) is 0 Å². The van der Waals surface area contributed by atoms with Gasteiger partial charge in [-0.3, -0.25) is 15.2 Å². The molecule has 4 nitrogen and oxygen atoms in total. The van der Waals surface area contributed by atoms with E-state index in [-0.39, 0.29) is 6.03 Å². The highest BCUT2D eigenvalue weighted by molar-refractivity contribution is 6.14. The van der Waals surface area contributed by atoms with Crippen molar-refractivity contribution in [1.29, 1.82) is 0 Å². The minimum atomic E-state index is -0.103. The van der Waals surface area contributed by atoms with Crippen LogP contribution in [0.1, 0.15) is 6.92 Å². The first-order chi connectivity index (χ1) is 7.31. The summed E-state index contributed by atoms with van der Waals surface area (Å²) in [6.07, 6.45) is 0. The molecule has 15 heavy (non-hydrogen) atoms. The molecule has 1 aliphatic heterocycles. The predicted octanol–water partition coefficient (Wildman–Crippen LogP) is 1.63. The number of amidine groups is 1. The van der Waals surface area contributed by atoms with Crippen molar-refractivity contribution >= 4 is 17.6 Å². The van der Waals surface area contributed by atoms with E-state index in [1.165, 1.54) is 0 Å². The number of nitrogens with zero attached hydrogens (tertiary/aromatic N) is 2. The molecule has 0 bridgehead atoms. The summed E-state index contributed by atoms with van der Waals surface area (Å²) >= 11 is 0. The molecule has 0 spiro atoms. The first-order valence-corrected chi connectivity index (χ1v) is 4.98. The average molecular weight is 203 g/mol. The van der Waals surface area contributed by atoms with Gasteiger partial charge in [-0.25, -0.2) is 4.79 Å². The third-order valence-corrected chi connectivity index (χ3v) is 2.22. The molecular weight excluding hydrogens is 190 g/mol. The zero-order valence-electron chi connectivity index (χ0n) is 8.60. The topological polar surface area (TPSA) is 44.7 Å². The molecular formula is C11H13N3O. The van der Waals surface area contributed by atoms with Crippen LogP contribution in [0, 0.1) is 0 Å². The fourth-order valence-corrected chi connectivity index (χ4v) is 1.55. The Balaban J connectivity index is 2.19. The lowest BCUT2D eigenvalue weighted by molar-refractivity contribution is 0.253. The first kappa shape index (κ1) is 9.71. The van der Waals surface area contributed by atoms with E-state index < -0.39 is 0 Å². The van der Waals surface area contributed by atoms with E-state index in [4.69, 9.17) is 0 Å². The lowest BCUT2D eigenvalue weighted by Gasteiger charge is -2.12. The van der Waals surface area contributed by atoms with Gasteiger partial charge >= 0.3 is 6.03 Å². The molecule has 0 radical (unpaired) electrons. The van der Waals surface area contributed by atoms with E-state index in [1.54, 1.807) is 4.90 Å². The maximum absolute atomic E-state index is 11.6. The van der Waals surface area contributed by atoms with E-state index in [0.29, 0.717) is 13.1 Å². The van der Waals surface area contributed by atoms with Crippen molar-refractivity contribution in [1.82, 2.24) is 5.32 Å². The Kier molecular flexibility index (Phi) is 2.67. The van der Waals surface area contributed by atoms with Crippen LogP contribution < -0.4 is 10.2 Å². The summed E-state index contributed by atoms with van der Waals surface area (Å²) < 4.78 is 0. The monoisotopic (exact) mass is 203 g/mol. The second-order valence-corrected chi connectivity index (χ2v) is 3.27. The highest BCUT2D eigenvalue weighted by Crippen LogP contribution is 2.15. The van der Waals surface area contributed by atoms with E-state index in [9.17, 15) is 4.79 Å². The summed E-state index contributed by atoms with van der Waals surface area (Å²) in [4.78, 5) is 17.5. The van der Waals surface area contributed by atoms with E-state index in [1.807, 2.05) is 37.3 Å². The molecule has 0 unspecified atom stereocenters. The lowest BCUT2D eigenvalue weighted by Crippen LogP contribution is -2.27. The highest BCUT2D eigenvalue weighted by atomic mass is 16.2. The third kappa shape index (κ3) is 1.98. The van der Waals surface area contributed by atoms with E-state index in [0.717, 1.165) is 11.5 Å². The van der Waals surface area contributed by atoms with Crippen LogP contribution >= 0.6 is 0 Å². The van der Waals surface area contributed by atoms with Crippen molar-refractivity contribution in [2.24, 2.45) is 4.99 Å². The summed E-state index contributed by atoms with van der Waals surface area (Å²) in [6, 6.07) is 9.48. The summed E-state index contributed by atoms with van der Waals surface area (Å²) in [5, 5.41) is 2.74. The van der Waals surface area contributed by atoms with Gasteiger partial charge in [0.25, 0.3) is 0 Å². The van der Waals surface area contributed by atoms with Crippen molar-refractivity contribution in [2.75, 3.05) is 18.0 Å². The first-order valence-electron chi connectivity index (χ1n) is 4.98. The van der Waals surface area contributed by atoms with Gasteiger partial charge in [-0.1, -0.05) is 18.2 Å². The second kappa shape index (κ2) is 4.13. The van der Waals surface area contributed by atoms with Crippen molar-refractivity contribution in [2.45, 2.75) is 6.92 Å². The molecule has 1 N–H and O–H groups in total. The van der Waals surface area contributed by atoms with Crippen molar-refractivity contribution < 1.29 is 4.79 Å². The van der Waals surface area contributed by atoms with Gasteiger partial charge in [0, 0.05) is 12.2 Å². The Bertz CT molecular complexity index is 386. The molecule has 1 heterocycles. The fourth-order valence-electron chi connectivity index (χ4n) is 1.55. The molecule has 1 aromatic rings. The summed E-state index contributed by atoms with van der Waals surface area (Å²) in [6.45, 7) is 3.18. The number of rotatable bonds is 2. The second-order valence-electron chi connectivity index (χ2n) is 3.27. The Morgan fingerprint density at radius 3 is 2.80 bits per heavy atom. The zero-order valence-corrected chi connectivity index (χ0v) is 8.60. The molecule has 2 rings (SSSR count). The SMILES string of the molecule is CCN=C1CN(c2ccccc2)C(=O)N1. The van der Waals surface area contributed by atoms with Crippen molar-refractivity contribution in [3.05, 3.63) is 30.3 Å². The maximum Gasteiger partial charge on any atom is 0.327 e. The van der Waals surface area contributed by atoms with Crippen molar-refractivity contribution in [3.63, 3.8) is 0 Å². The van der Waals surface area contributed by atoms with Gasteiger partial charge in [-0.15, -0.1) is 0 Å². The van der Waals surface area contributed by atoms with Gasteiger partial charge in [-0.05, 0) is 19.1 Å². The summed E-state index contributed by atoms with van der Waals surface area (Å²) in [7, 11) is 0. The minimum absolute atomic E-state index is 0.103. The molecule has 1 fully saturated rings. The van der Waals surface area contributed by atoms with Crippen LogP contribution in [0.5, 0.6) is 0 Å². The molecule has 0 atom stereocenters. The predicted molar refractivity (Wildman–Crippen MR) is 60.3 cm³/mol. The third-order valence-electron chi connectivity index (χ3n) is 2.22. The van der Waals surface area contributed by atoms with Crippen LogP contribution in [0.4, 0.5) is 10.5 Å². The smallest absolute Gasteiger partial charge is 0.294 e. The molecule has 4 heteroatoms. The quantitative estimate of drug-likeness (QED) is 0.780. The molecule has 1 aliphatic rings. The maximum atomic E-state index is 11.6. The molecule has 1 aromatic carbocycles. The van der Waals surface area contributed by atoms with Crippen LogP contribution in [0.2, 0.25) is 0 Å². The number of hydrogen-bond donors (Lipinski definition) is 1. The van der Waals surface area contributed by atoms with Crippen LogP contribution in [-0.4, -0.2) is 25.0 Å². The Morgan fingerprint density at radius 1 is 1.40 bits per heavy atom. The number of urea groups is 1. The van der Waals surface area contributed by atoms with Gasteiger partial charge < -0.3 is 0 Å². The lowest BCUT2D eigenvalue weighted by atomic mass is 10.3. The molecule has 2 amide bonds. The van der Waals surface area contributed by atoms with Gasteiger partial charge in [0.1, 0.15) is 5.84 Å². The number of anilines is 1. The normalized spacial score (nSPS) is 18.3. The summed E-state index contributed by atoms with van der Waals surface area (Å²) in [5.74, 6) is 0.742. The Morgan fingerprint density at radius 2 is 2.13 bits per heavy atom. The van der Waals surface area contributed by atoms with Gasteiger partial charge in [0.2, 0.25) is 0 Å². The number of carbonyl (C=O) groups excluding carboxylic acids is 1. The van der Waals surface area contributed by atoms with E-state index in [2.05, 4.69) is 10.3 Å². The molecule has 0 aromatic heterocycles. The number of carbonyl (C=O) groups is 1. The Hall–Kier alpha value is -1.84. The van der Waals surface area contributed by atoms with Gasteiger partial charge in [-0.2, -0.15) is 0 Å². The average Bonchev–Trinajstić information content (AvgIpc) is 2.61. The number of para-hydroxylation sites is 1. The standard InChI is InChI=1S/C11H13N3O/c1-2-12-10-8-14(11(15)13-10)9-6-4-3-5-7-9/h3-7H,2,8H2,1H3,(H,12,13,15). The van der Waals surface area contributed by atoms with Gasteiger partial charge in [0.05, 0.1) is 6.54 Å². The number of hydrogen-bond acceptors (Lipinski definition) is 2. The van der Waals surface area contributed by atoms with Crippen LogP contribution in [0.3, 0.4) is 0 Å². The summed E-state index contributed by atoms with van der Waals surface area (Å²) in [5.41, 5.74) is 0.899. The molecule has 0 aliphatic carbocycles. The number of nitrogens with one attached hydrogen (secondary N) is 1. The highest BCUT2D eigenvalue weighted by Gasteiger charge is 2.25. The molecule has 78 valence electrons. The largest absolute Gasteiger partial charge is 0.327 e. The number of aliphatic imine (C=N–C) groups is 1. The van der Waals surface area contributed by atoms with E-state index >= 15 is 0 Å². The number of amides is 2. The number of benzene rings is 1. The Labute approximate surface area is 88.6 Å². The van der Waals surface area contributed by atoms with Crippen LogP contribution in [0.25, 0.3) is 0 Å².